The first-order valence-corrected chi connectivity index (χ1v) is 8.12. The van der Waals surface area contributed by atoms with E-state index in [1.165, 1.54) is 23.1 Å². The van der Waals surface area contributed by atoms with Crippen LogP contribution in [0.5, 0.6) is 0 Å². The van der Waals surface area contributed by atoms with Gasteiger partial charge in [0.1, 0.15) is 0 Å². The lowest BCUT2D eigenvalue weighted by Crippen LogP contribution is -2.34. The number of benzene rings is 2. The summed E-state index contributed by atoms with van der Waals surface area (Å²) in [5, 5.41) is 3.59. The van der Waals surface area contributed by atoms with Gasteiger partial charge in [-0.3, -0.25) is 0 Å². The smallest absolute Gasteiger partial charge is 0.0127 e. The van der Waals surface area contributed by atoms with Gasteiger partial charge in [0, 0.05) is 18.4 Å². The van der Waals surface area contributed by atoms with Crippen molar-refractivity contribution in [3.8, 4) is 0 Å². The predicted octanol–water partition coefficient (Wildman–Crippen LogP) is 4.56. The van der Waals surface area contributed by atoms with E-state index in [0.717, 1.165) is 19.0 Å². The van der Waals surface area contributed by atoms with E-state index in [1.54, 1.807) is 11.1 Å². The summed E-state index contributed by atoms with van der Waals surface area (Å²) in [6, 6.07) is 16.3. The average molecular weight is 314 g/mol. The van der Waals surface area contributed by atoms with E-state index < -0.39 is 0 Å². The van der Waals surface area contributed by atoms with Crippen molar-refractivity contribution >= 4 is 12.4 Å². The van der Waals surface area contributed by atoms with Crippen LogP contribution in [0.15, 0.2) is 42.5 Å². The molecule has 0 amide bonds. The second-order valence-electron chi connectivity index (χ2n) is 6.78. The molecule has 1 aliphatic heterocycles. The van der Waals surface area contributed by atoms with Gasteiger partial charge >= 0.3 is 0 Å². The summed E-state index contributed by atoms with van der Waals surface area (Å²) in [6.07, 6.45) is 1.29. The molecule has 4 rings (SSSR count). The van der Waals surface area contributed by atoms with Gasteiger partial charge in [0.25, 0.3) is 0 Å². The van der Waals surface area contributed by atoms with E-state index in [4.69, 9.17) is 0 Å². The fraction of sp³-hybridized carbons (Fsp3) is 0.400. The number of rotatable bonds is 1. The summed E-state index contributed by atoms with van der Waals surface area (Å²) in [5.74, 6) is 2.05. The zero-order chi connectivity index (χ0) is 14.4. The number of halogens is 1. The van der Waals surface area contributed by atoms with Crippen molar-refractivity contribution in [1.82, 2.24) is 5.32 Å². The van der Waals surface area contributed by atoms with Gasteiger partial charge < -0.3 is 5.32 Å². The van der Waals surface area contributed by atoms with Crippen LogP contribution in [0.3, 0.4) is 0 Å². The summed E-state index contributed by atoms with van der Waals surface area (Å²) in [6.45, 7) is 6.69. The summed E-state index contributed by atoms with van der Waals surface area (Å²) in [4.78, 5) is 0. The van der Waals surface area contributed by atoms with Gasteiger partial charge in [0.15, 0.2) is 0 Å². The highest BCUT2D eigenvalue weighted by molar-refractivity contribution is 5.85. The predicted molar refractivity (Wildman–Crippen MR) is 95.2 cm³/mol. The van der Waals surface area contributed by atoms with Crippen molar-refractivity contribution in [3.63, 3.8) is 0 Å². The van der Waals surface area contributed by atoms with E-state index >= 15 is 0 Å². The van der Waals surface area contributed by atoms with Crippen molar-refractivity contribution < 1.29 is 0 Å². The Bertz CT molecular complexity index is 662. The van der Waals surface area contributed by atoms with Crippen LogP contribution in [0, 0.1) is 19.8 Å². The first-order valence-electron chi connectivity index (χ1n) is 8.12. The molecule has 1 aliphatic carbocycles. The molecular formula is C20H24ClN. The monoisotopic (exact) mass is 313 g/mol. The minimum absolute atomic E-state index is 0. The lowest BCUT2D eigenvalue weighted by Gasteiger charge is -2.30. The molecule has 1 N–H and O–H groups in total. The van der Waals surface area contributed by atoms with Crippen LogP contribution in [0.4, 0.5) is 0 Å². The van der Waals surface area contributed by atoms with Crippen molar-refractivity contribution in [1.29, 1.82) is 0 Å². The van der Waals surface area contributed by atoms with Crippen molar-refractivity contribution in [2.75, 3.05) is 13.1 Å². The number of hydrogen-bond acceptors (Lipinski definition) is 1. The fourth-order valence-corrected chi connectivity index (χ4v) is 4.35. The van der Waals surface area contributed by atoms with E-state index in [-0.39, 0.29) is 12.4 Å². The van der Waals surface area contributed by atoms with Gasteiger partial charge in [-0.1, -0.05) is 53.6 Å². The third-order valence-electron chi connectivity index (χ3n) is 5.38. The van der Waals surface area contributed by atoms with Crippen LogP contribution in [-0.4, -0.2) is 13.1 Å². The zero-order valence-electron chi connectivity index (χ0n) is 13.3. The maximum absolute atomic E-state index is 3.59. The van der Waals surface area contributed by atoms with Crippen LogP contribution in [0.25, 0.3) is 0 Å². The highest BCUT2D eigenvalue weighted by Gasteiger charge is 2.42. The second kappa shape index (κ2) is 6.06. The number of aryl methyl sites for hydroxylation is 2. The molecule has 2 aliphatic rings. The molecule has 116 valence electrons. The lowest BCUT2D eigenvalue weighted by molar-refractivity contribution is 0.324. The highest BCUT2D eigenvalue weighted by atomic mass is 35.5. The Balaban J connectivity index is 0.00000144. The van der Waals surface area contributed by atoms with Crippen molar-refractivity contribution in [3.05, 3.63) is 70.3 Å². The maximum atomic E-state index is 3.59. The van der Waals surface area contributed by atoms with E-state index in [0.29, 0.717) is 11.8 Å². The van der Waals surface area contributed by atoms with Crippen LogP contribution in [0.2, 0.25) is 0 Å². The van der Waals surface area contributed by atoms with E-state index in [1.807, 2.05) is 0 Å². The Kier molecular flexibility index (Phi) is 4.29. The largest absolute Gasteiger partial charge is 0.316 e. The molecule has 0 saturated carbocycles. The quantitative estimate of drug-likeness (QED) is 0.813. The number of nitrogens with one attached hydrogen (secondary N) is 1. The van der Waals surface area contributed by atoms with Gasteiger partial charge in [-0.15, -0.1) is 12.4 Å². The summed E-state index contributed by atoms with van der Waals surface area (Å²) in [5.41, 5.74) is 7.41. The molecule has 0 radical (unpaired) electrons. The normalized spacial score (nSPS) is 26.0. The molecule has 1 saturated heterocycles. The fourth-order valence-electron chi connectivity index (χ4n) is 4.35. The summed E-state index contributed by atoms with van der Waals surface area (Å²) >= 11 is 0. The number of hydrogen-bond donors (Lipinski definition) is 1. The summed E-state index contributed by atoms with van der Waals surface area (Å²) in [7, 11) is 0. The van der Waals surface area contributed by atoms with Gasteiger partial charge in [-0.2, -0.15) is 0 Å². The molecule has 0 unspecified atom stereocenters. The highest BCUT2D eigenvalue weighted by Crippen LogP contribution is 2.52. The van der Waals surface area contributed by atoms with Crippen molar-refractivity contribution in [2.45, 2.75) is 32.1 Å². The molecule has 0 bridgehead atoms. The van der Waals surface area contributed by atoms with Gasteiger partial charge in [0.05, 0.1) is 0 Å². The van der Waals surface area contributed by atoms with Gasteiger partial charge in [-0.25, -0.2) is 0 Å². The standard InChI is InChI=1S/C20H23N.ClH/c1-13-3-6-15(7-4-13)20-17-9-10-21-12-19(17)16-8-5-14(2)11-18(16)20;/h3-8,11,17,19-21H,9-10,12H2,1-2H3;1H/t17-,19-,20+;/m1./s1. The Morgan fingerprint density at radius 3 is 2.41 bits per heavy atom. The number of fused-ring (bicyclic) bond motifs is 3. The molecule has 1 nitrogen and oxygen atoms in total. The molecule has 1 heterocycles. The zero-order valence-corrected chi connectivity index (χ0v) is 14.1. The lowest BCUT2D eigenvalue weighted by atomic mass is 9.78. The molecule has 1 fully saturated rings. The Morgan fingerprint density at radius 1 is 0.909 bits per heavy atom. The van der Waals surface area contributed by atoms with Crippen molar-refractivity contribution in [2.24, 2.45) is 5.92 Å². The Morgan fingerprint density at radius 2 is 1.64 bits per heavy atom. The third kappa shape index (κ3) is 2.47. The first kappa shape index (κ1) is 15.6. The molecule has 3 atom stereocenters. The van der Waals surface area contributed by atoms with Crippen LogP contribution >= 0.6 is 12.4 Å². The second-order valence-corrected chi connectivity index (χ2v) is 6.78. The third-order valence-corrected chi connectivity index (χ3v) is 5.38. The summed E-state index contributed by atoms with van der Waals surface area (Å²) < 4.78 is 0. The van der Waals surface area contributed by atoms with Gasteiger partial charge in [-0.05, 0) is 49.4 Å². The maximum Gasteiger partial charge on any atom is 0.0127 e. The molecule has 2 aromatic rings. The SMILES string of the molecule is Cc1ccc([C@@H]2c3cc(C)ccc3[C@H]3CNCC[C@@H]23)cc1.Cl. The minimum Gasteiger partial charge on any atom is -0.316 e. The Hall–Kier alpha value is -1.31. The van der Waals surface area contributed by atoms with Crippen LogP contribution in [0.1, 0.15) is 46.1 Å². The molecule has 0 spiro atoms. The molecule has 2 aromatic carbocycles. The van der Waals surface area contributed by atoms with Crippen LogP contribution in [-0.2, 0) is 0 Å². The average Bonchev–Trinajstić information content (AvgIpc) is 2.82. The van der Waals surface area contributed by atoms with Crippen LogP contribution < -0.4 is 5.32 Å². The Labute approximate surface area is 139 Å². The molecular weight excluding hydrogens is 290 g/mol. The molecule has 0 aromatic heterocycles. The minimum atomic E-state index is 0. The van der Waals surface area contributed by atoms with E-state index in [9.17, 15) is 0 Å². The topological polar surface area (TPSA) is 12.0 Å². The molecule has 2 heteroatoms. The number of piperidine rings is 1. The molecule has 22 heavy (non-hydrogen) atoms. The van der Waals surface area contributed by atoms with E-state index in [2.05, 4.69) is 61.6 Å². The first-order chi connectivity index (χ1) is 10.2. The van der Waals surface area contributed by atoms with Gasteiger partial charge in [0.2, 0.25) is 0 Å².